The third-order valence-corrected chi connectivity index (χ3v) is 3.42. The van der Waals surface area contributed by atoms with Crippen molar-refractivity contribution in [1.82, 2.24) is 15.5 Å². The highest BCUT2D eigenvalue weighted by Crippen LogP contribution is 2.25. The summed E-state index contributed by atoms with van der Waals surface area (Å²) in [7, 11) is 0. The number of hydrogen-bond acceptors (Lipinski definition) is 4. The molecule has 3 rings (SSSR count). The SMILES string of the molecule is Cc1ccc(O)c(NC(=O)c2n[nH]c3c2CNCC3)c1.Cl. The van der Waals surface area contributed by atoms with Gasteiger partial charge < -0.3 is 15.7 Å². The van der Waals surface area contributed by atoms with Gasteiger partial charge in [0.2, 0.25) is 0 Å². The second kappa shape index (κ2) is 6.15. The van der Waals surface area contributed by atoms with Crippen molar-refractivity contribution < 1.29 is 9.90 Å². The number of aromatic amines is 1. The summed E-state index contributed by atoms with van der Waals surface area (Å²) in [5, 5.41) is 22.7. The van der Waals surface area contributed by atoms with E-state index >= 15 is 0 Å². The van der Waals surface area contributed by atoms with Gasteiger partial charge in [-0.2, -0.15) is 5.10 Å². The Bertz CT molecular complexity index is 669. The number of H-pyrrole nitrogens is 1. The Morgan fingerprint density at radius 2 is 2.24 bits per heavy atom. The first-order valence-corrected chi connectivity index (χ1v) is 6.53. The Morgan fingerprint density at radius 3 is 3.05 bits per heavy atom. The molecule has 0 bridgehead atoms. The molecule has 7 heteroatoms. The van der Waals surface area contributed by atoms with Gasteiger partial charge in [0.15, 0.2) is 5.69 Å². The van der Waals surface area contributed by atoms with Crippen LogP contribution < -0.4 is 10.6 Å². The number of carbonyl (C=O) groups is 1. The highest BCUT2D eigenvalue weighted by Gasteiger charge is 2.22. The lowest BCUT2D eigenvalue weighted by Crippen LogP contribution is -2.25. The molecule has 0 saturated carbocycles. The summed E-state index contributed by atoms with van der Waals surface area (Å²) in [5.74, 6) is -0.265. The topological polar surface area (TPSA) is 90.0 Å². The molecular weight excluding hydrogens is 292 g/mol. The second-order valence-corrected chi connectivity index (χ2v) is 4.93. The predicted octanol–water partition coefficient (Wildman–Crippen LogP) is 1.74. The Morgan fingerprint density at radius 1 is 1.43 bits per heavy atom. The number of aromatic hydroxyl groups is 1. The van der Waals surface area contributed by atoms with Gasteiger partial charge in [0.25, 0.3) is 5.91 Å². The van der Waals surface area contributed by atoms with E-state index in [1.807, 2.05) is 6.92 Å². The number of aryl methyl sites for hydroxylation is 1. The van der Waals surface area contributed by atoms with E-state index in [0.717, 1.165) is 29.8 Å². The molecule has 1 amide bonds. The minimum absolute atomic E-state index is 0. The molecule has 112 valence electrons. The molecule has 21 heavy (non-hydrogen) atoms. The van der Waals surface area contributed by atoms with E-state index in [4.69, 9.17) is 0 Å². The molecule has 1 aromatic carbocycles. The van der Waals surface area contributed by atoms with Gasteiger partial charge in [-0.25, -0.2) is 0 Å². The average molecular weight is 309 g/mol. The lowest BCUT2D eigenvalue weighted by atomic mass is 10.1. The van der Waals surface area contributed by atoms with Crippen molar-refractivity contribution in [2.75, 3.05) is 11.9 Å². The summed E-state index contributed by atoms with van der Waals surface area (Å²) < 4.78 is 0. The number of rotatable bonds is 2. The Kier molecular flexibility index (Phi) is 4.50. The first-order chi connectivity index (χ1) is 9.65. The first kappa shape index (κ1) is 15.3. The molecule has 1 aliphatic rings. The largest absolute Gasteiger partial charge is 0.506 e. The monoisotopic (exact) mass is 308 g/mol. The van der Waals surface area contributed by atoms with Crippen LogP contribution in [0.1, 0.15) is 27.3 Å². The highest BCUT2D eigenvalue weighted by molar-refractivity contribution is 6.04. The zero-order valence-corrected chi connectivity index (χ0v) is 12.4. The quantitative estimate of drug-likeness (QED) is 0.636. The molecule has 0 aliphatic carbocycles. The first-order valence-electron chi connectivity index (χ1n) is 6.53. The number of amides is 1. The van der Waals surface area contributed by atoms with Crippen LogP contribution in [-0.4, -0.2) is 27.8 Å². The Hall–Kier alpha value is -2.05. The molecule has 0 fully saturated rings. The molecule has 6 nitrogen and oxygen atoms in total. The number of fused-ring (bicyclic) bond motifs is 1. The normalized spacial score (nSPS) is 13.2. The summed E-state index contributed by atoms with van der Waals surface area (Å²) in [6.07, 6.45) is 0.839. The maximum absolute atomic E-state index is 12.3. The molecule has 4 N–H and O–H groups in total. The summed E-state index contributed by atoms with van der Waals surface area (Å²) in [6, 6.07) is 5.07. The van der Waals surface area contributed by atoms with Crippen LogP contribution in [0, 0.1) is 6.92 Å². The molecule has 2 heterocycles. The lowest BCUT2D eigenvalue weighted by molar-refractivity contribution is 0.102. The number of nitrogens with zero attached hydrogens (tertiary/aromatic N) is 1. The van der Waals surface area contributed by atoms with Crippen LogP contribution >= 0.6 is 12.4 Å². The number of benzene rings is 1. The summed E-state index contributed by atoms with van der Waals surface area (Å²) in [4.78, 5) is 12.3. The van der Waals surface area contributed by atoms with Gasteiger partial charge in [0.05, 0.1) is 5.69 Å². The number of carbonyl (C=O) groups excluding carboxylic acids is 1. The molecule has 0 atom stereocenters. The zero-order valence-electron chi connectivity index (χ0n) is 11.6. The van der Waals surface area contributed by atoms with E-state index in [0.29, 0.717) is 17.9 Å². The zero-order chi connectivity index (χ0) is 14.1. The van der Waals surface area contributed by atoms with Gasteiger partial charge in [-0.1, -0.05) is 6.07 Å². The van der Waals surface area contributed by atoms with Gasteiger partial charge >= 0.3 is 0 Å². The molecule has 2 aromatic rings. The fourth-order valence-electron chi connectivity index (χ4n) is 2.34. The maximum atomic E-state index is 12.3. The van der Waals surface area contributed by atoms with E-state index < -0.39 is 0 Å². The number of phenols is 1. The molecular formula is C14H17ClN4O2. The minimum Gasteiger partial charge on any atom is -0.506 e. The van der Waals surface area contributed by atoms with Gasteiger partial charge in [-0.15, -0.1) is 12.4 Å². The van der Waals surface area contributed by atoms with Gasteiger partial charge in [0.1, 0.15) is 5.75 Å². The van der Waals surface area contributed by atoms with Crippen molar-refractivity contribution in [2.24, 2.45) is 0 Å². The van der Waals surface area contributed by atoms with E-state index in [9.17, 15) is 9.90 Å². The molecule has 0 unspecified atom stereocenters. The second-order valence-electron chi connectivity index (χ2n) is 4.93. The number of aromatic nitrogens is 2. The molecule has 1 aliphatic heterocycles. The lowest BCUT2D eigenvalue weighted by Gasteiger charge is -2.13. The maximum Gasteiger partial charge on any atom is 0.276 e. The van der Waals surface area contributed by atoms with Crippen LogP contribution in [0.5, 0.6) is 5.75 Å². The van der Waals surface area contributed by atoms with E-state index in [1.54, 1.807) is 18.2 Å². The van der Waals surface area contributed by atoms with Crippen molar-refractivity contribution in [3.8, 4) is 5.75 Å². The third kappa shape index (κ3) is 3.01. The van der Waals surface area contributed by atoms with Crippen molar-refractivity contribution in [3.05, 3.63) is 40.7 Å². The summed E-state index contributed by atoms with van der Waals surface area (Å²) >= 11 is 0. The third-order valence-electron chi connectivity index (χ3n) is 3.42. The van der Waals surface area contributed by atoms with Gasteiger partial charge in [-0.3, -0.25) is 9.89 Å². The van der Waals surface area contributed by atoms with Gasteiger partial charge in [0, 0.05) is 30.8 Å². The van der Waals surface area contributed by atoms with Crippen LogP contribution in [0.2, 0.25) is 0 Å². The Balaban J connectivity index is 0.00000161. The molecule has 0 radical (unpaired) electrons. The number of halogens is 1. The number of anilines is 1. The van der Waals surface area contributed by atoms with Crippen LogP contribution in [-0.2, 0) is 13.0 Å². The molecule has 1 aromatic heterocycles. The predicted molar refractivity (Wildman–Crippen MR) is 82.0 cm³/mol. The number of phenolic OH excluding ortho intramolecular Hbond substituents is 1. The number of hydrogen-bond donors (Lipinski definition) is 4. The summed E-state index contributed by atoms with van der Waals surface area (Å²) in [6.45, 7) is 3.42. The van der Waals surface area contributed by atoms with Gasteiger partial charge in [-0.05, 0) is 24.6 Å². The van der Waals surface area contributed by atoms with Crippen LogP contribution in [0.3, 0.4) is 0 Å². The van der Waals surface area contributed by atoms with Crippen LogP contribution in [0.15, 0.2) is 18.2 Å². The van der Waals surface area contributed by atoms with Crippen molar-refractivity contribution in [1.29, 1.82) is 0 Å². The van der Waals surface area contributed by atoms with Crippen molar-refractivity contribution in [3.63, 3.8) is 0 Å². The van der Waals surface area contributed by atoms with Crippen LogP contribution in [0.4, 0.5) is 5.69 Å². The molecule has 0 spiro atoms. The summed E-state index contributed by atoms with van der Waals surface area (Å²) in [5.41, 5.74) is 3.65. The van der Waals surface area contributed by atoms with E-state index in [1.165, 1.54) is 0 Å². The standard InChI is InChI=1S/C14H16N4O2.ClH/c1-8-2-3-12(19)11(6-8)16-14(20)13-9-7-15-5-4-10(9)17-18-13;/h2-3,6,15,19H,4-5,7H2,1H3,(H,16,20)(H,17,18);1H. The highest BCUT2D eigenvalue weighted by atomic mass is 35.5. The fourth-order valence-corrected chi connectivity index (χ4v) is 2.34. The van der Waals surface area contributed by atoms with Crippen molar-refractivity contribution >= 4 is 24.0 Å². The Labute approximate surface area is 128 Å². The average Bonchev–Trinajstić information content (AvgIpc) is 2.87. The van der Waals surface area contributed by atoms with Crippen LogP contribution in [0.25, 0.3) is 0 Å². The number of nitrogens with one attached hydrogen (secondary N) is 3. The smallest absolute Gasteiger partial charge is 0.276 e. The van der Waals surface area contributed by atoms with Crippen molar-refractivity contribution in [2.45, 2.75) is 19.9 Å². The van der Waals surface area contributed by atoms with E-state index in [2.05, 4.69) is 20.8 Å². The van der Waals surface area contributed by atoms with E-state index in [-0.39, 0.29) is 24.1 Å². The minimum atomic E-state index is -0.313. The molecule has 0 saturated heterocycles. The fraction of sp³-hybridized carbons (Fsp3) is 0.286.